The molecular formula is C24H29N5O2. The predicted molar refractivity (Wildman–Crippen MR) is 119 cm³/mol. The minimum Gasteiger partial charge on any atom is -0.338 e. The molecule has 0 radical (unpaired) electrons. The lowest BCUT2D eigenvalue weighted by Gasteiger charge is -2.47. The molecule has 0 N–H and O–H groups in total. The zero-order valence-corrected chi connectivity index (χ0v) is 18.6. The third-order valence-corrected chi connectivity index (χ3v) is 7.00. The number of aromatic nitrogens is 4. The molecule has 0 aromatic carbocycles. The Labute approximate surface area is 181 Å². The van der Waals surface area contributed by atoms with Gasteiger partial charge in [-0.2, -0.15) is 5.10 Å². The maximum atomic E-state index is 13.8. The maximum absolute atomic E-state index is 13.8. The smallest absolute Gasteiger partial charge is 0.254 e. The summed E-state index contributed by atoms with van der Waals surface area (Å²) < 4.78 is 3.77. The molecule has 0 unspecified atom stereocenters. The Morgan fingerprint density at radius 1 is 1.23 bits per heavy atom. The lowest BCUT2D eigenvalue weighted by molar-refractivity contribution is 0.0520. The SMILES string of the molecule is CCC[C@H]1[C@H]2C[C@H](CN(C(=O)c3cc(C)nc4c3c(C)nn4C)C2)c2cccc(=O)n21. The average Bonchev–Trinajstić information content (AvgIpc) is 3.03. The van der Waals surface area contributed by atoms with Crippen molar-refractivity contribution < 1.29 is 4.79 Å². The van der Waals surface area contributed by atoms with Crippen molar-refractivity contribution in [3.05, 3.63) is 57.3 Å². The standard InChI is InChI=1S/C24H29N5O2/c1-5-7-19-16-11-17(20-8-6-9-21(30)29(19)20)13-28(12-16)24(31)18-10-14(2)25-23-22(18)15(3)26-27(23)4/h6,8-10,16-17,19H,5,7,11-13H2,1-4H3/t16-,17+,19-/m0/s1. The lowest BCUT2D eigenvalue weighted by atomic mass is 9.77. The van der Waals surface area contributed by atoms with Crippen LogP contribution in [0.2, 0.25) is 0 Å². The predicted octanol–water partition coefficient (Wildman–Crippen LogP) is 3.35. The topological polar surface area (TPSA) is 73.0 Å². The van der Waals surface area contributed by atoms with Gasteiger partial charge in [0.2, 0.25) is 0 Å². The maximum Gasteiger partial charge on any atom is 0.254 e. The summed E-state index contributed by atoms with van der Waals surface area (Å²) in [4.78, 5) is 33.1. The number of rotatable bonds is 3. The Morgan fingerprint density at radius 2 is 2.03 bits per heavy atom. The molecule has 0 saturated carbocycles. The second-order valence-corrected chi connectivity index (χ2v) is 9.14. The van der Waals surface area contributed by atoms with Gasteiger partial charge in [-0.05, 0) is 44.7 Å². The molecule has 2 bridgehead atoms. The van der Waals surface area contributed by atoms with Crippen LogP contribution in [0, 0.1) is 19.8 Å². The van der Waals surface area contributed by atoms with Gasteiger partial charge in [-0.3, -0.25) is 14.3 Å². The van der Waals surface area contributed by atoms with E-state index in [0.29, 0.717) is 24.6 Å². The van der Waals surface area contributed by atoms with E-state index in [1.807, 2.05) is 42.5 Å². The Balaban J connectivity index is 1.57. The van der Waals surface area contributed by atoms with E-state index in [4.69, 9.17) is 0 Å². The Hall–Kier alpha value is -2.96. The van der Waals surface area contributed by atoms with Crippen LogP contribution in [-0.4, -0.2) is 43.2 Å². The first kappa shape index (κ1) is 20.0. The zero-order valence-electron chi connectivity index (χ0n) is 18.6. The van der Waals surface area contributed by atoms with Gasteiger partial charge >= 0.3 is 0 Å². The van der Waals surface area contributed by atoms with Crippen molar-refractivity contribution in [2.45, 2.75) is 52.0 Å². The van der Waals surface area contributed by atoms with Crippen molar-refractivity contribution in [3.63, 3.8) is 0 Å². The monoisotopic (exact) mass is 419 g/mol. The molecule has 2 aliphatic rings. The molecule has 3 aromatic rings. The summed E-state index contributed by atoms with van der Waals surface area (Å²) in [7, 11) is 1.87. The first-order valence-electron chi connectivity index (χ1n) is 11.2. The Kier molecular flexibility index (Phi) is 4.72. The highest BCUT2D eigenvalue weighted by atomic mass is 16.2. The van der Waals surface area contributed by atoms with E-state index in [2.05, 4.69) is 23.1 Å². The number of amides is 1. The van der Waals surface area contributed by atoms with Gasteiger partial charge in [0.25, 0.3) is 11.5 Å². The number of piperidine rings is 1. The van der Waals surface area contributed by atoms with E-state index >= 15 is 0 Å². The van der Waals surface area contributed by atoms with Gasteiger partial charge in [-0.25, -0.2) is 4.98 Å². The summed E-state index contributed by atoms with van der Waals surface area (Å²) in [6.07, 6.45) is 3.00. The van der Waals surface area contributed by atoms with Gasteiger partial charge in [0.1, 0.15) is 0 Å². The first-order chi connectivity index (χ1) is 14.9. The molecule has 5 heterocycles. The van der Waals surface area contributed by atoms with Crippen LogP contribution in [-0.2, 0) is 7.05 Å². The molecule has 1 saturated heterocycles. The van der Waals surface area contributed by atoms with Gasteiger partial charge < -0.3 is 9.47 Å². The van der Waals surface area contributed by atoms with Crippen molar-refractivity contribution >= 4 is 16.9 Å². The summed E-state index contributed by atoms with van der Waals surface area (Å²) >= 11 is 0. The summed E-state index contributed by atoms with van der Waals surface area (Å²) in [6, 6.07) is 7.63. The number of carbonyl (C=O) groups is 1. The number of aryl methyl sites for hydroxylation is 3. The average molecular weight is 420 g/mol. The third-order valence-electron chi connectivity index (χ3n) is 7.00. The highest BCUT2D eigenvalue weighted by Crippen LogP contribution is 2.43. The van der Waals surface area contributed by atoms with Crippen LogP contribution in [0.5, 0.6) is 0 Å². The second-order valence-electron chi connectivity index (χ2n) is 9.14. The fourth-order valence-electron chi connectivity index (χ4n) is 5.78. The van der Waals surface area contributed by atoms with E-state index in [1.165, 1.54) is 0 Å². The summed E-state index contributed by atoms with van der Waals surface area (Å²) in [6.45, 7) is 7.33. The minimum absolute atomic E-state index is 0.0447. The molecule has 0 spiro atoms. The van der Waals surface area contributed by atoms with Gasteiger partial charge in [0.05, 0.1) is 16.6 Å². The molecule has 5 rings (SSSR count). The van der Waals surface area contributed by atoms with Crippen LogP contribution in [0.3, 0.4) is 0 Å². The molecule has 3 atom stereocenters. The van der Waals surface area contributed by atoms with Crippen molar-refractivity contribution in [1.82, 2.24) is 24.2 Å². The molecule has 7 heteroatoms. The second kappa shape index (κ2) is 7.32. The van der Waals surface area contributed by atoms with Crippen LogP contribution in [0.15, 0.2) is 29.1 Å². The molecule has 1 amide bonds. The number of pyridine rings is 2. The van der Waals surface area contributed by atoms with E-state index in [0.717, 1.165) is 47.4 Å². The molecular weight excluding hydrogens is 390 g/mol. The van der Waals surface area contributed by atoms with Crippen LogP contribution in [0.4, 0.5) is 0 Å². The molecule has 2 aliphatic heterocycles. The largest absolute Gasteiger partial charge is 0.338 e. The quantitative estimate of drug-likeness (QED) is 0.653. The number of hydrogen-bond donors (Lipinski definition) is 0. The van der Waals surface area contributed by atoms with Crippen LogP contribution < -0.4 is 5.56 Å². The van der Waals surface area contributed by atoms with Crippen molar-refractivity contribution in [3.8, 4) is 0 Å². The highest BCUT2D eigenvalue weighted by Gasteiger charge is 2.41. The molecule has 162 valence electrons. The van der Waals surface area contributed by atoms with Crippen molar-refractivity contribution in [2.75, 3.05) is 13.1 Å². The van der Waals surface area contributed by atoms with E-state index in [-0.39, 0.29) is 23.4 Å². The molecule has 31 heavy (non-hydrogen) atoms. The van der Waals surface area contributed by atoms with Gasteiger partial charge in [-0.1, -0.05) is 19.4 Å². The number of likely N-dealkylation sites (tertiary alicyclic amines) is 1. The van der Waals surface area contributed by atoms with Crippen LogP contribution >= 0.6 is 0 Å². The lowest BCUT2D eigenvalue weighted by Crippen LogP contribution is -2.51. The molecule has 3 aromatic heterocycles. The number of nitrogens with zero attached hydrogens (tertiary/aromatic N) is 5. The van der Waals surface area contributed by atoms with Gasteiger partial charge in [-0.15, -0.1) is 0 Å². The summed E-state index contributed by atoms with van der Waals surface area (Å²) in [5.74, 6) is 0.532. The van der Waals surface area contributed by atoms with Crippen molar-refractivity contribution in [2.24, 2.45) is 13.0 Å². The minimum atomic E-state index is 0.0447. The highest BCUT2D eigenvalue weighted by molar-refractivity contribution is 6.06. The normalized spacial score (nSPS) is 22.6. The van der Waals surface area contributed by atoms with Crippen molar-refractivity contribution in [1.29, 1.82) is 0 Å². The van der Waals surface area contributed by atoms with E-state index in [1.54, 1.807) is 10.7 Å². The number of carbonyl (C=O) groups excluding carboxylic acids is 1. The van der Waals surface area contributed by atoms with E-state index < -0.39 is 0 Å². The number of fused-ring (bicyclic) bond motifs is 5. The van der Waals surface area contributed by atoms with Gasteiger partial charge in [0.15, 0.2) is 5.65 Å². The third kappa shape index (κ3) is 3.09. The fraction of sp³-hybridized carbons (Fsp3) is 0.500. The first-order valence-corrected chi connectivity index (χ1v) is 11.2. The number of hydrogen-bond acceptors (Lipinski definition) is 4. The van der Waals surface area contributed by atoms with Crippen LogP contribution in [0.1, 0.15) is 65.6 Å². The molecule has 1 fully saturated rings. The summed E-state index contributed by atoms with van der Waals surface area (Å²) in [5.41, 5.74) is 4.24. The molecule has 7 nitrogen and oxygen atoms in total. The fourth-order valence-corrected chi connectivity index (χ4v) is 5.78. The molecule has 0 aliphatic carbocycles. The van der Waals surface area contributed by atoms with Crippen LogP contribution in [0.25, 0.3) is 11.0 Å². The van der Waals surface area contributed by atoms with Gasteiger partial charge in [0, 0.05) is 49.6 Å². The van der Waals surface area contributed by atoms with E-state index in [9.17, 15) is 9.59 Å². The Morgan fingerprint density at radius 3 is 2.81 bits per heavy atom. The summed E-state index contributed by atoms with van der Waals surface area (Å²) in [5, 5.41) is 5.34. The Bertz CT molecular complexity index is 1240. The zero-order chi connectivity index (χ0) is 21.9.